The van der Waals surface area contributed by atoms with Gasteiger partial charge in [-0.25, -0.2) is 0 Å². The van der Waals surface area contributed by atoms with Crippen LogP contribution < -0.4 is 5.73 Å². The first-order valence-corrected chi connectivity index (χ1v) is 6.72. The summed E-state index contributed by atoms with van der Waals surface area (Å²) in [6.45, 7) is 0.793. The van der Waals surface area contributed by atoms with E-state index < -0.39 is 0 Å². The van der Waals surface area contributed by atoms with Gasteiger partial charge in [0, 0.05) is 10.6 Å². The van der Waals surface area contributed by atoms with Crippen LogP contribution in [-0.4, -0.2) is 6.54 Å². The van der Waals surface area contributed by atoms with Gasteiger partial charge in [-0.15, -0.1) is 12.4 Å². The second-order valence-corrected chi connectivity index (χ2v) is 5.35. The highest BCUT2D eigenvalue weighted by molar-refractivity contribution is 6.33. The van der Waals surface area contributed by atoms with Gasteiger partial charge in [0.05, 0.1) is 0 Å². The molecule has 2 aromatic rings. The molecule has 0 amide bonds. The highest BCUT2D eigenvalue weighted by atomic mass is 35.5. The van der Waals surface area contributed by atoms with Crippen molar-refractivity contribution in [3.8, 4) is 11.1 Å². The van der Waals surface area contributed by atoms with Gasteiger partial charge in [0.2, 0.25) is 0 Å². The third-order valence-corrected chi connectivity index (χ3v) is 4.05. The molecule has 0 radical (unpaired) electrons. The predicted octanol–water partition coefficient (Wildman–Crippen LogP) is 4.49. The Morgan fingerprint density at radius 1 is 1.11 bits per heavy atom. The Labute approximate surface area is 125 Å². The first-order chi connectivity index (χ1) is 8.79. The van der Waals surface area contributed by atoms with Gasteiger partial charge in [0.25, 0.3) is 0 Å². The zero-order valence-electron chi connectivity index (χ0n) is 10.6. The van der Waals surface area contributed by atoms with Gasteiger partial charge < -0.3 is 5.73 Å². The molecule has 2 aromatic carbocycles. The van der Waals surface area contributed by atoms with Crippen LogP contribution in [0.5, 0.6) is 0 Å². The molecule has 2 unspecified atom stereocenters. The second kappa shape index (κ2) is 5.96. The summed E-state index contributed by atoms with van der Waals surface area (Å²) < 4.78 is 0. The average Bonchev–Trinajstić information content (AvgIpc) is 3.19. The van der Waals surface area contributed by atoms with E-state index in [-0.39, 0.29) is 12.4 Å². The molecular weight excluding hydrogens is 277 g/mol. The summed E-state index contributed by atoms with van der Waals surface area (Å²) in [6, 6.07) is 16.7. The summed E-state index contributed by atoms with van der Waals surface area (Å²) >= 11 is 6.24. The molecule has 1 aliphatic rings. The Morgan fingerprint density at radius 3 is 2.58 bits per heavy atom. The fourth-order valence-corrected chi connectivity index (χ4v) is 2.79. The van der Waals surface area contributed by atoms with Crippen molar-refractivity contribution in [2.75, 3.05) is 6.54 Å². The largest absolute Gasteiger partial charge is 0.330 e. The molecule has 1 fully saturated rings. The maximum absolute atomic E-state index is 6.24. The topological polar surface area (TPSA) is 26.0 Å². The smallest absolute Gasteiger partial charge is 0.0484 e. The quantitative estimate of drug-likeness (QED) is 0.886. The van der Waals surface area contributed by atoms with E-state index in [1.165, 1.54) is 17.5 Å². The fourth-order valence-electron chi connectivity index (χ4n) is 2.55. The number of nitrogens with two attached hydrogens (primary N) is 1. The standard InChI is InChI=1S/C16H16ClN.ClH/c17-16-7-2-1-6-14(16)11-4-3-5-12(8-11)15-9-13(15)10-18;/h1-8,13,15H,9-10,18H2;1H. The maximum atomic E-state index is 6.24. The molecule has 1 nitrogen and oxygen atoms in total. The van der Waals surface area contributed by atoms with Crippen molar-refractivity contribution < 1.29 is 0 Å². The van der Waals surface area contributed by atoms with Crippen molar-refractivity contribution in [1.82, 2.24) is 0 Å². The van der Waals surface area contributed by atoms with Crippen LogP contribution in [0.15, 0.2) is 48.5 Å². The zero-order valence-corrected chi connectivity index (χ0v) is 12.1. The monoisotopic (exact) mass is 293 g/mol. The highest BCUT2D eigenvalue weighted by Crippen LogP contribution is 2.47. The van der Waals surface area contributed by atoms with Crippen LogP contribution >= 0.6 is 24.0 Å². The lowest BCUT2D eigenvalue weighted by Gasteiger charge is -2.07. The second-order valence-electron chi connectivity index (χ2n) is 4.94. The maximum Gasteiger partial charge on any atom is 0.0484 e. The summed E-state index contributed by atoms with van der Waals surface area (Å²) in [7, 11) is 0. The minimum atomic E-state index is 0. The van der Waals surface area contributed by atoms with Gasteiger partial charge in [0.15, 0.2) is 0 Å². The van der Waals surface area contributed by atoms with Crippen LogP contribution in [-0.2, 0) is 0 Å². The van der Waals surface area contributed by atoms with E-state index >= 15 is 0 Å². The highest BCUT2D eigenvalue weighted by Gasteiger charge is 2.36. The molecule has 100 valence electrons. The molecule has 0 heterocycles. The molecule has 0 saturated heterocycles. The van der Waals surface area contributed by atoms with Crippen LogP contribution in [0.25, 0.3) is 11.1 Å². The van der Waals surface area contributed by atoms with Gasteiger partial charge in [-0.2, -0.15) is 0 Å². The van der Waals surface area contributed by atoms with E-state index in [0.717, 1.165) is 17.1 Å². The van der Waals surface area contributed by atoms with Crippen LogP contribution in [0, 0.1) is 5.92 Å². The van der Waals surface area contributed by atoms with Crippen LogP contribution in [0.1, 0.15) is 17.9 Å². The van der Waals surface area contributed by atoms with Crippen molar-refractivity contribution in [1.29, 1.82) is 0 Å². The minimum absolute atomic E-state index is 0. The first kappa shape index (κ1) is 14.4. The van der Waals surface area contributed by atoms with Crippen molar-refractivity contribution in [2.24, 2.45) is 11.7 Å². The van der Waals surface area contributed by atoms with Crippen LogP contribution in [0.4, 0.5) is 0 Å². The van der Waals surface area contributed by atoms with E-state index in [9.17, 15) is 0 Å². The third kappa shape index (κ3) is 2.94. The lowest BCUT2D eigenvalue weighted by Crippen LogP contribution is -2.01. The van der Waals surface area contributed by atoms with Crippen LogP contribution in [0.3, 0.4) is 0 Å². The molecule has 0 bridgehead atoms. The van der Waals surface area contributed by atoms with Gasteiger partial charge in [-0.3, -0.25) is 0 Å². The molecule has 3 heteroatoms. The van der Waals surface area contributed by atoms with Gasteiger partial charge in [0.1, 0.15) is 0 Å². The Bertz CT molecular complexity index is 568. The Hall–Kier alpha value is -1.02. The molecule has 1 aliphatic carbocycles. The number of hydrogen-bond acceptors (Lipinski definition) is 1. The van der Waals surface area contributed by atoms with E-state index in [0.29, 0.717) is 11.8 Å². The molecule has 3 rings (SSSR count). The summed E-state index contributed by atoms with van der Waals surface area (Å²) in [5.41, 5.74) is 9.40. The van der Waals surface area contributed by atoms with Crippen LogP contribution in [0.2, 0.25) is 5.02 Å². The molecule has 2 N–H and O–H groups in total. The molecule has 1 saturated carbocycles. The van der Waals surface area contributed by atoms with Crippen molar-refractivity contribution in [3.63, 3.8) is 0 Å². The summed E-state index contributed by atoms with van der Waals surface area (Å²) in [4.78, 5) is 0. The predicted molar refractivity (Wildman–Crippen MR) is 84.0 cm³/mol. The van der Waals surface area contributed by atoms with Gasteiger partial charge in [-0.05, 0) is 42.0 Å². The first-order valence-electron chi connectivity index (χ1n) is 6.34. The fraction of sp³-hybridized carbons (Fsp3) is 0.250. The summed E-state index contributed by atoms with van der Waals surface area (Å²) in [6.07, 6.45) is 1.22. The molecular formula is C16H17Cl2N. The van der Waals surface area contributed by atoms with Crippen molar-refractivity contribution in [3.05, 3.63) is 59.1 Å². The van der Waals surface area contributed by atoms with Crippen molar-refractivity contribution >= 4 is 24.0 Å². The molecule has 0 aromatic heterocycles. The van der Waals surface area contributed by atoms with E-state index in [1.54, 1.807) is 0 Å². The van der Waals surface area contributed by atoms with Crippen molar-refractivity contribution in [2.45, 2.75) is 12.3 Å². The molecule has 0 aliphatic heterocycles. The van der Waals surface area contributed by atoms with E-state index in [2.05, 4.69) is 30.3 Å². The Morgan fingerprint density at radius 2 is 1.89 bits per heavy atom. The Kier molecular flexibility index (Phi) is 4.51. The zero-order chi connectivity index (χ0) is 12.5. The summed E-state index contributed by atoms with van der Waals surface area (Å²) in [5.74, 6) is 1.32. The number of benzene rings is 2. The van der Waals surface area contributed by atoms with E-state index in [1.807, 2.05) is 18.2 Å². The molecule has 0 spiro atoms. The lowest BCUT2D eigenvalue weighted by atomic mass is 10.0. The minimum Gasteiger partial charge on any atom is -0.330 e. The molecule has 19 heavy (non-hydrogen) atoms. The molecule has 2 atom stereocenters. The van der Waals surface area contributed by atoms with E-state index in [4.69, 9.17) is 17.3 Å². The number of halogens is 2. The van der Waals surface area contributed by atoms with Gasteiger partial charge >= 0.3 is 0 Å². The average molecular weight is 294 g/mol. The SMILES string of the molecule is Cl.NCC1CC1c1cccc(-c2ccccc2Cl)c1. The Balaban J connectivity index is 0.00000133. The summed E-state index contributed by atoms with van der Waals surface area (Å²) in [5, 5.41) is 0.806. The normalized spacial score (nSPS) is 20.7. The number of hydrogen-bond donors (Lipinski definition) is 1. The number of rotatable bonds is 3. The van der Waals surface area contributed by atoms with Gasteiger partial charge in [-0.1, -0.05) is 54.1 Å². The lowest BCUT2D eigenvalue weighted by molar-refractivity contribution is 0.810. The third-order valence-electron chi connectivity index (χ3n) is 3.72.